The molecule has 0 amide bonds. The van der Waals surface area contributed by atoms with Gasteiger partial charge in [0.15, 0.2) is 0 Å². The van der Waals surface area contributed by atoms with Crippen molar-refractivity contribution >= 4 is 0 Å². The van der Waals surface area contributed by atoms with E-state index < -0.39 is 0 Å². The first kappa shape index (κ1) is 11.2. The Morgan fingerprint density at radius 3 is 2.79 bits per heavy atom. The van der Waals surface area contributed by atoms with Gasteiger partial charge < -0.3 is 9.88 Å². The summed E-state index contributed by atoms with van der Waals surface area (Å²) >= 11 is 0. The van der Waals surface area contributed by atoms with E-state index in [1.54, 1.807) is 0 Å². The third kappa shape index (κ3) is 3.92. The minimum Gasteiger partial charge on any atom is -0.335 e. The third-order valence-corrected chi connectivity index (χ3v) is 2.30. The van der Waals surface area contributed by atoms with E-state index in [1.165, 1.54) is 12.8 Å². The lowest BCUT2D eigenvalue weighted by atomic mass is 10.3. The molecule has 0 saturated heterocycles. The number of rotatable bonds is 6. The van der Waals surface area contributed by atoms with Gasteiger partial charge in [-0.05, 0) is 26.3 Å². The van der Waals surface area contributed by atoms with Gasteiger partial charge in [-0.3, -0.25) is 0 Å². The van der Waals surface area contributed by atoms with Crippen LogP contribution < -0.4 is 5.32 Å². The highest BCUT2D eigenvalue weighted by molar-refractivity contribution is 4.87. The number of nitrogens with zero attached hydrogens (tertiary/aromatic N) is 2. The van der Waals surface area contributed by atoms with E-state index in [0.717, 1.165) is 18.9 Å². The minimum atomic E-state index is 0.602. The molecule has 1 aromatic rings. The monoisotopic (exact) mass is 195 g/mol. The van der Waals surface area contributed by atoms with Gasteiger partial charge in [-0.25, -0.2) is 4.98 Å². The van der Waals surface area contributed by atoms with Crippen LogP contribution >= 0.6 is 0 Å². The number of aromatic nitrogens is 2. The van der Waals surface area contributed by atoms with Gasteiger partial charge in [0.25, 0.3) is 0 Å². The molecule has 0 spiro atoms. The van der Waals surface area contributed by atoms with Crippen LogP contribution in [0.3, 0.4) is 0 Å². The summed E-state index contributed by atoms with van der Waals surface area (Å²) in [6, 6.07) is 0.602. The average molecular weight is 195 g/mol. The second kappa shape index (κ2) is 5.81. The summed E-state index contributed by atoms with van der Waals surface area (Å²) in [5, 5.41) is 3.42. The fourth-order valence-corrected chi connectivity index (χ4v) is 1.44. The highest BCUT2D eigenvalue weighted by Crippen LogP contribution is 1.99. The smallest absolute Gasteiger partial charge is 0.105 e. The molecule has 0 unspecified atom stereocenters. The highest BCUT2D eigenvalue weighted by Gasteiger charge is 1.96. The molecule has 1 rings (SSSR count). The molecule has 0 atom stereocenters. The molecule has 0 bridgehead atoms. The lowest BCUT2D eigenvalue weighted by molar-refractivity contribution is 0.528. The van der Waals surface area contributed by atoms with Gasteiger partial charge in [0.05, 0.1) is 0 Å². The molecule has 80 valence electrons. The average Bonchev–Trinajstić information content (AvgIpc) is 2.51. The minimum absolute atomic E-state index is 0.602. The molecule has 14 heavy (non-hydrogen) atoms. The molecule has 0 aromatic carbocycles. The maximum Gasteiger partial charge on any atom is 0.105 e. The van der Waals surface area contributed by atoms with Crippen molar-refractivity contribution in [3.63, 3.8) is 0 Å². The van der Waals surface area contributed by atoms with Crippen LogP contribution in [-0.2, 0) is 6.54 Å². The Kier molecular flexibility index (Phi) is 4.66. The highest BCUT2D eigenvalue weighted by atomic mass is 15.0. The van der Waals surface area contributed by atoms with Crippen LogP contribution in [0.4, 0.5) is 0 Å². The number of unbranched alkanes of at least 4 members (excludes halogenated alkanes) is 1. The van der Waals surface area contributed by atoms with Crippen LogP contribution in [0.15, 0.2) is 12.4 Å². The van der Waals surface area contributed by atoms with E-state index in [9.17, 15) is 0 Å². The molecular formula is C11H21N3. The second-order valence-corrected chi connectivity index (χ2v) is 3.98. The summed E-state index contributed by atoms with van der Waals surface area (Å²) in [6.07, 6.45) is 6.36. The van der Waals surface area contributed by atoms with Crippen LogP contribution in [0.25, 0.3) is 0 Å². The van der Waals surface area contributed by atoms with E-state index in [2.05, 4.69) is 28.7 Å². The zero-order valence-corrected chi connectivity index (χ0v) is 9.45. The van der Waals surface area contributed by atoms with Crippen LogP contribution in [0, 0.1) is 6.92 Å². The van der Waals surface area contributed by atoms with Crippen molar-refractivity contribution in [2.24, 2.45) is 0 Å². The van der Waals surface area contributed by atoms with E-state index in [0.29, 0.717) is 6.04 Å². The Morgan fingerprint density at radius 2 is 2.21 bits per heavy atom. The largest absolute Gasteiger partial charge is 0.335 e. The van der Waals surface area contributed by atoms with Gasteiger partial charge in [0.1, 0.15) is 5.82 Å². The number of hydrogen-bond acceptors (Lipinski definition) is 2. The summed E-state index contributed by atoms with van der Waals surface area (Å²) in [5.41, 5.74) is 0. The summed E-state index contributed by atoms with van der Waals surface area (Å²) in [4.78, 5) is 4.19. The predicted octanol–water partition coefficient (Wildman–Crippen LogP) is 1.97. The Balaban J connectivity index is 2.08. The Bertz CT molecular complexity index is 253. The van der Waals surface area contributed by atoms with Crippen LogP contribution in [0.1, 0.15) is 32.5 Å². The van der Waals surface area contributed by atoms with Gasteiger partial charge in [-0.1, -0.05) is 13.8 Å². The molecule has 0 aliphatic heterocycles. The summed E-state index contributed by atoms with van der Waals surface area (Å²) in [5.74, 6) is 1.11. The molecule has 0 saturated carbocycles. The zero-order valence-electron chi connectivity index (χ0n) is 9.45. The maximum atomic E-state index is 4.19. The molecule has 0 aliphatic carbocycles. The summed E-state index contributed by atoms with van der Waals surface area (Å²) in [6.45, 7) is 8.61. The Hall–Kier alpha value is -0.830. The molecule has 3 heteroatoms. The van der Waals surface area contributed by atoms with Crippen LogP contribution in [0.5, 0.6) is 0 Å². The molecule has 3 nitrogen and oxygen atoms in total. The standard InChI is InChI=1S/C11H21N3/c1-10(2)12-6-4-5-8-14-9-7-13-11(14)3/h7,9-10,12H,4-6,8H2,1-3H3. The summed E-state index contributed by atoms with van der Waals surface area (Å²) in [7, 11) is 0. The first-order valence-corrected chi connectivity index (χ1v) is 5.41. The van der Waals surface area contributed by atoms with Gasteiger partial charge >= 0.3 is 0 Å². The van der Waals surface area contributed by atoms with Crippen molar-refractivity contribution in [3.8, 4) is 0 Å². The summed E-state index contributed by atoms with van der Waals surface area (Å²) < 4.78 is 2.20. The Morgan fingerprint density at radius 1 is 1.43 bits per heavy atom. The quantitative estimate of drug-likeness (QED) is 0.703. The Labute approximate surface area is 86.5 Å². The van der Waals surface area contributed by atoms with Gasteiger partial charge in [-0.2, -0.15) is 0 Å². The second-order valence-electron chi connectivity index (χ2n) is 3.98. The van der Waals surface area contributed by atoms with Crippen molar-refractivity contribution in [2.45, 2.75) is 46.2 Å². The van der Waals surface area contributed by atoms with Crippen molar-refractivity contribution in [3.05, 3.63) is 18.2 Å². The molecular weight excluding hydrogens is 174 g/mol. The predicted molar refractivity (Wildman–Crippen MR) is 59.3 cm³/mol. The van der Waals surface area contributed by atoms with Crippen LogP contribution in [-0.4, -0.2) is 22.1 Å². The molecule has 0 aliphatic rings. The van der Waals surface area contributed by atoms with E-state index in [-0.39, 0.29) is 0 Å². The third-order valence-electron chi connectivity index (χ3n) is 2.30. The van der Waals surface area contributed by atoms with E-state index in [1.807, 2.05) is 19.3 Å². The zero-order chi connectivity index (χ0) is 10.4. The van der Waals surface area contributed by atoms with Gasteiger partial charge in [-0.15, -0.1) is 0 Å². The lowest BCUT2D eigenvalue weighted by Crippen LogP contribution is -2.23. The van der Waals surface area contributed by atoms with Crippen molar-refractivity contribution in [1.82, 2.24) is 14.9 Å². The van der Waals surface area contributed by atoms with Crippen LogP contribution in [0.2, 0.25) is 0 Å². The SMILES string of the molecule is Cc1nccn1CCCCNC(C)C. The first-order valence-electron chi connectivity index (χ1n) is 5.41. The fourth-order valence-electron chi connectivity index (χ4n) is 1.44. The molecule has 1 aromatic heterocycles. The maximum absolute atomic E-state index is 4.19. The van der Waals surface area contributed by atoms with Gasteiger partial charge in [0, 0.05) is 25.0 Å². The number of aryl methyl sites for hydroxylation is 2. The number of nitrogens with one attached hydrogen (secondary N) is 1. The first-order chi connectivity index (χ1) is 6.70. The lowest BCUT2D eigenvalue weighted by Gasteiger charge is -2.08. The molecule has 0 fully saturated rings. The number of hydrogen-bond donors (Lipinski definition) is 1. The topological polar surface area (TPSA) is 29.9 Å². The molecule has 1 N–H and O–H groups in total. The van der Waals surface area contributed by atoms with Gasteiger partial charge in [0.2, 0.25) is 0 Å². The fraction of sp³-hybridized carbons (Fsp3) is 0.727. The van der Waals surface area contributed by atoms with Crippen molar-refractivity contribution in [1.29, 1.82) is 0 Å². The molecule has 1 heterocycles. The number of imidazole rings is 1. The van der Waals surface area contributed by atoms with Crippen molar-refractivity contribution < 1.29 is 0 Å². The van der Waals surface area contributed by atoms with Crippen molar-refractivity contribution in [2.75, 3.05) is 6.54 Å². The normalized spacial score (nSPS) is 11.1. The van der Waals surface area contributed by atoms with E-state index >= 15 is 0 Å². The molecule has 0 radical (unpaired) electrons. The van der Waals surface area contributed by atoms with E-state index in [4.69, 9.17) is 0 Å².